The summed E-state index contributed by atoms with van der Waals surface area (Å²) in [6, 6.07) is 30.3. The number of hydrogen-bond acceptors (Lipinski definition) is 4. The number of carbonyl (C=O) groups is 2. The number of rotatable bonds is 12. The molecule has 0 radical (unpaired) electrons. The van der Waals surface area contributed by atoms with Crippen LogP contribution in [0.5, 0.6) is 0 Å². The zero-order valence-electron chi connectivity index (χ0n) is 26.9. The average Bonchev–Trinajstić information content (AvgIpc) is 3.57. The Kier molecular flexibility index (Phi) is 10.6. The molecule has 1 aliphatic rings. The molecule has 240 valence electrons. The molecular weight excluding hydrogens is 595 g/mol. The van der Waals surface area contributed by atoms with Crippen LogP contribution >= 0.6 is 0 Å². The fourth-order valence-electron chi connectivity index (χ4n) is 5.94. The second kappa shape index (κ2) is 14.8. The first-order chi connectivity index (χ1) is 22.1. The van der Waals surface area contributed by atoms with Gasteiger partial charge in [0, 0.05) is 19.0 Å². The van der Waals surface area contributed by atoms with Crippen LogP contribution in [-0.2, 0) is 32.6 Å². The number of aryl methyl sites for hydroxylation is 3. The molecular formula is C38H43N3O4S. The Bertz CT molecular complexity index is 1740. The van der Waals surface area contributed by atoms with E-state index in [1.807, 2.05) is 81.4 Å². The first-order valence-electron chi connectivity index (χ1n) is 16.0. The van der Waals surface area contributed by atoms with E-state index in [1.54, 1.807) is 35.2 Å². The largest absolute Gasteiger partial charge is 0.352 e. The fourth-order valence-corrected chi connectivity index (χ4v) is 7.37. The van der Waals surface area contributed by atoms with Crippen LogP contribution in [0.15, 0.2) is 108 Å². The van der Waals surface area contributed by atoms with Crippen molar-refractivity contribution in [2.45, 2.75) is 76.4 Å². The van der Waals surface area contributed by atoms with Crippen LogP contribution in [-0.4, -0.2) is 43.8 Å². The van der Waals surface area contributed by atoms with Crippen molar-refractivity contribution in [2.75, 3.05) is 10.8 Å². The standard InChI is InChI=1S/C38H43N3O4S/c1-28-18-21-32(22-19-28)26-40(36(25-31-12-6-4-7-13-31)38(43)39-33-14-10-11-15-33)37(42)27-41(34-23-20-29(2)30(3)24-34)46(44,45)35-16-8-5-9-17-35/h4-9,12-13,16-24,33,36H,10-11,14-15,25-27H2,1-3H3,(H,39,43)/t36-/m1/s1. The lowest BCUT2D eigenvalue weighted by molar-refractivity contribution is -0.140. The highest BCUT2D eigenvalue weighted by atomic mass is 32.2. The minimum absolute atomic E-state index is 0.0626. The third kappa shape index (κ3) is 8.04. The van der Waals surface area contributed by atoms with E-state index in [0.717, 1.165) is 53.5 Å². The smallest absolute Gasteiger partial charge is 0.264 e. The van der Waals surface area contributed by atoms with Gasteiger partial charge in [-0.05, 0) is 80.1 Å². The zero-order chi connectivity index (χ0) is 32.7. The maximum Gasteiger partial charge on any atom is 0.264 e. The molecule has 2 amide bonds. The number of nitrogens with zero attached hydrogens (tertiary/aromatic N) is 2. The number of benzene rings is 4. The molecule has 1 N–H and O–H groups in total. The summed E-state index contributed by atoms with van der Waals surface area (Å²) in [5.74, 6) is -0.680. The molecule has 1 saturated carbocycles. The van der Waals surface area contributed by atoms with Gasteiger partial charge in [0.15, 0.2) is 0 Å². The van der Waals surface area contributed by atoms with Crippen LogP contribution in [0.4, 0.5) is 5.69 Å². The van der Waals surface area contributed by atoms with E-state index >= 15 is 0 Å². The van der Waals surface area contributed by atoms with Crippen molar-refractivity contribution in [1.29, 1.82) is 0 Å². The van der Waals surface area contributed by atoms with E-state index < -0.39 is 28.5 Å². The van der Waals surface area contributed by atoms with Gasteiger partial charge in [-0.25, -0.2) is 8.42 Å². The summed E-state index contributed by atoms with van der Waals surface area (Å²) < 4.78 is 29.5. The van der Waals surface area contributed by atoms with Crippen molar-refractivity contribution < 1.29 is 18.0 Å². The Morgan fingerprint density at radius 3 is 2.04 bits per heavy atom. The lowest BCUT2D eigenvalue weighted by Gasteiger charge is -2.34. The van der Waals surface area contributed by atoms with Crippen LogP contribution in [0.3, 0.4) is 0 Å². The summed E-state index contributed by atoms with van der Waals surface area (Å²) in [5, 5.41) is 3.22. The molecule has 46 heavy (non-hydrogen) atoms. The minimum atomic E-state index is -4.13. The molecule has 0 bridgehead atoms. The van der Waals surface area contributed by atoms with Crippen LogP contribution < -0.4 is 9.62 Å². The van der Waals surface area contributed by atoms with Gasteiger partial charge in [0.05, 0.1) is 10.6 Å². The maximum atomic E-state index is 14.6. The molecule has 4 aromatic carbocycles. The molecule has 0 aromatic heterocycles. The first kappa shape index (κ1) is 32.9. The molecule has 1 aliphatic carbocycles. The van der Waals surface area contributed by atoms with Gasteiger partial charge in [0.1, 0.15) is 12.6 Å². The average molecular weight is 638 g/mol. The summed E-state index contributed by atoms with van der Waals surface area (Å²) in [6.07, 6.45) is 4.23. The van der Waals surface area contributed by atoms with Crippen LogP contribution in [0, 0.1) is 20.8 Å². The van der Waals surface area contributed by atoms with E-state index in [4.69, 9.17) is 0 Å². The highest BCUT2D eigenvalue weighted by molar-refractivity contribution is 7.92. The molecule has 0 heterocycles. The second-order valence-corrected chi connectivity index (χ2v) is 14.2. The van der Waals surface area contributed by atoms with E-state index in [9.17, 15) is 18.0 Å². The predicted octanol–water partition coefficient (Wildman–Crippen LogP) is 6.51. The van der Waals surface area contributed by atoms with Gasteiger partial charge in [0.25, 0.3) is 10.0 Å². The highest BCUT2D eigenvalue weighted by Gasteiger charge is 2.35. The van der Waals surface area contributed by atoms with Crippen molar-refractivity contribution in [1.82, 2.24) is 10.2 Å². The van der Waals surface area contributed by atoms with Gasteiger partial charge >= 0.3 is 0 Å². The summed E-state index contributed by atoms with van der Waals surface area (Å²) in [6.45, 7) is 5.56. The Morgan fingerprint density at radius 1 is 0.783 bits per heavy atom. The second-order valence-electron chi connectivity index (χ2n) is 12.3. The predicted molar refractivity (Wildman–Crippen MR) is 183 cm³/mol. The SMILES string of the molecule is Cc1ccc(CN(C(=O)CN(c2ccc(C)c(C)c2)S(=O)(=O)c2ccccc2)[C@H](Cc2ccccc2)C(=O)NC2CCCC2)cc1. The van der Waals surface area contributed by atoms with Gasteiger partial charge in [0.2, 0.25) is 11.8 Å². The Hall–Kier alpha value is -4.43. The summed E-state index contributed by atoms with van der Waals surface area (Å²) in [7, 11) is -4.13. The van der Waals surface area contributed by atoms with Gasteiger partial charge in [-0.1, -0.05) is 97.3 Å². The molecule has 0 aliphatic heterocycles. The highest BCUT2D eigenvalue weighted by Crippen LogP contribution is 2.27. The Labute approximate surface area is 273 Å². The van der Waals surface area contributed by atoms with E-state index in [-0.39, 0.29) is 23.4 Å². The number of carbonyl (C=O) groups excluding carboxylic acids is 2. The third-order valence-electron chi connectivity index (χ3n) is 8.83. The molecule has 8 heteroatoms. The van der Waals surface area contributed by atoms with Gasteiger partial charge < -0.3 is 10.2 Å². The van der Waals surface area contributed by atoms with Gasteiger partial charge in [-0.3, -0.25) is 13.9 Å². The van der Waals surface area contributed by atoms with E-state index in [1.165, 1.54) is 16.4 Å². The topological polar surface area (TPSA) is 86.8 Å². The summed E-state index contributed by atoms with van der Waals surface area (Å²) in [4.78, 5) is 30.4. The molecule has 0 saturated heterocycles. The van der Waals surface area contributed by atoms with Crippen LogP contribution in [0.1, 0.15) is 53.5 Å². The molecule has 0 spiro atoms. The van der Waals surface area contributed by atoms with Crippen molar-refractivity contribution in [3.8, 4) is 0 Å². The van der Waals surface area contributed by atoms with E-state index in [0.29, 0.717) is 12.1 Å². The Morgan fingerprint density at radius 2 is 1.41 bits per heavy atom. The zero-order valence-corrected chi connectivity index (χ0v) is 27.7. The Balaban J connectivity index is 1.57. The number of hydrogen-bond donors (Lipinski definition) is 1. The monoisotopic (exact) mass is 637 g/mol. The quantitative estimate of drug-likeness (QED) is 0.192. The third-order valence-corrected chi connectivity index (χ3v) is 10.6. The molecule has 1 fully saturated rings. The van der Waals surface area contributed by atoms with Crippen LogP contribution in [0.25, 0.3) is 0 Å². The van der Waals surface area contributed by atoms with Gasteiger partial charge in [-0.2, -0.15) is 0 Å². The molecule has 7 nitrogen and oxygen atoms in total. The summed E-state index contributed by atoms with van der Waals surface area (Å²) >= 11 is 0. The fraction of sp³-hybridized carbons (Fsp3) is 0.316. The number of amides is 2. The molecule has 0 unspecified atom stereocenters. The number of sulfonamides is 1. The normalized spacial score (nSPS) is 14.1. The van der Waals surface area contributed by atoms with Gasteiger partial charge in [-0.15, -0.1) is 0 Å². The first-order valence-corrected chi connectivity index (χ1v) is 17.4. The number of nitrogens with one attached hydrogen (secondary N) is 1. The molecule has 1 atom stereocenters. The summed E-state index contributed by atoms with van der Waals surface area (Å²) in [5.41, 5.74) is 5.17. The van der Waals surface area contributed by atoms with Crippen molar-refractivity contribution in [3.63, 3.8) is 0 Å². The minimum Gasteiger partial charge on any atom is -0.352 e. The number of anilines is 1. The lowest BCUT2D eigenvalue weighted by atomic mass is 10.0. The van der Waals surface area contributed by atoms with Crippen LogP contribution in [0.2, 0.25) is 0 Å². The van der Waals surface area contributed by atoms with Crippen molar-refractivity contribution in [3.05, 3.63) is 131 Å². The molecule has 5 rings (SSSR count). The van der Waals surface area contributed by atoms with Crippen molar-refractivity contribution >= 4 is 27.5 Å². The maximum absolute atomic E-state index is 14.6. The lowest BCUT2D eigenvalue weighted by Crippen LogP contribution is -2.54. The van der Waals surface area contributed by atoms with E-state index in [2.05, 4.69) is 5.32 Å². The van der Waals surface area contributed by atoms with Crippen molar-refractivity contribution in [2.24, 2.45) is 0 Å². The molecule has 4 aromatic rings.